The topological polar surface area (TPSA) is 82.6 Å². The van der Waals surface area contributed by atoms with E-state index in [4.69, 9.17) is 0 Å². The number of aromatic amines is 1. The number of nitrogens with one attached hydrogen (secondary N) is 2. The van der Waals surface area contributed by atoms with Gasteiger partial charge in [0, 0.05) is 25.0 Å². The molecule has 114 valence electrons. The molecule has 2 aromatic rings. The van der Waals surface area contributed by atoms with Crippen molar-refractivity contribution in [3.63, 3.8) is 0 Å². The number of rotatable bonds is 2. The second-order valence-electron chi connectivity index (χ2n) is 6.28. The standard InChI is InChI=1S/C13H21N7S/c1-13(2,3)10-9(21-19-16-10)11-15-12(18-17-11)20-7-4-5-14-6-8-20/h14H,4-8H2,1-3H3,(H,15,17,18). The van der Waals surface area contributed by atoms with Crippen molar-refractivity contribution >= 4 is 17.5 Å². The second kappa shape index (κ2) is 5.69. The summed E-state index contributed by atoms with van der Waals surface area (Å²) in [6.45, 7) is 10.3. The maximum absolute atomic E-state index is 4.65. The van der Waals surface area contributed by atoms with Crippen LogP contribution in [0.3, 0.4) is 0 Å². The van der Waals surface area contributed by atoms with Gasteiger partial charge in [-0.15, -0.1) is 10.2 Å². The lowest BCUT2D eigenvalue weighted by Gasteiger charge is -2.17. The molecule has 1 aliphatic heterocycles. The zero-order valence-corrected chi connectivity index (χ0v) is 13.5. The normalized spacial score (nSPS) is 17.0. The lowest BCUT2D eigenvalue weighted by molar-refractivity contribution is 0.568. The van der Waals surface area contributed by atoms with Gasteiger partial charge in [0.25, 0.3) is 0 Å². The van der Waals surface area contributed by atoms with Gasteiger partial charge in [0.05, 0.1) is 5.69 Å². The molecule has 21 heavy (non-hydrogen) atoms. The highest BCUT2D eigenvalue weighted by atomic mass is 32.1. The van der Waals surface area contributed by atoms with Crippen LogP contribution in [0.5, 0.6) is 0 Å². The van der Waals surface area contributed by atoms with E-state index in [9.17, 15) is 0 Å². The van der Waals surface area contributed by atoms with Gasteiger partial charge >= 0.3 is 0 Å². The van der Waals surface area contributed by atoms with Gasteiger partial charge in [-0.2, -0.15) is 4.98 Å². The molecule has 2 N–H and O–H groups in total. The number of hydrogen-bond donors (Lipinski definition) is 2. The van der Waals surface area contributed by atoms with E-state index in [2.05, 4.69) is 55.8 Å². The highest BCUT2D eigenvalue weighted by Gasteiger charge is 2.25. The predicted molar refractivity (Wildman–Crippen MR) is 83.7 cm³/mol. The Bertz CT molecular complexity index is 590. The van der Waals surface area contributed by atoms with Crippen molar-refractivity contribution in [3.05, 3.63) is 5.69 Å². The fourth-order valence-electron chi connectivity index (χ4n) is 2.38. The number of nitrogens with zero attached hydrogens (tertiary/aromatic N) is 5. The molecule has 1 saturated heterocycles. The molecule has 7 nitrogen and oxygen atoms in total. The minimum atomic E-state index is -0.0538. The molecule has 3 heterocycles. The average molecular weight is 307 g/mol. The van der Waals surface area contributed by atoms with Crippen LogP contribution in [0, 0.1) is 0 Å². The zero-order valence-electron chi connectivity index (χ0n) is 12.7. The second-order valence-corrected chi connectivity index (χ2v) is 7.03. The molecule has 1 fully saturated rings. The summed E-state index contributed by atoms with van der Waals surface area (Å²) in [6, 6.07) is 0. The van der Waals surface area contributed by atoms with Crippen molar-refractivity contribution in [2.45, 2.75) is 32.6 Å². The van der Waals surface area contributed by atoms with E-state index in [-0.39, 0.29) is 5.41 Å². The van der Waals surface area contributed by atoms with Gasteiger partial charge < -0.3 is 10.2 Å². The van der Waals surface area contributed by atoms with Crippen molar-refractivity contribution in [2.75, 3.05) is 31.1 Å². The quantitative estimate of drug-likeness (QED) is 0.873. The van der Waals surface area contributed by atoms with Gasteiger partial charge in [-0.25, -0.2) is 0 Å². The minimum Gasteiger partial charge on any atom is -0.338 e. The molecule has 3 rings (SSSR count). The third-order valence-electron chi connectivity index (χ3n) is 3.51. The number of H-pyrrole nitrogens is 1. The molecule has 8 heteroatoms. The lowest BCUT2D eigenvalue weighted by atomic mass is 9.91. The third-order valence-corrected chi connectivity index (χ3v) is 4.24. The van der Waals surface area contributed by atoms with Gasteiger partial charge in [-0.1, -0.05) is 25.3 Å². The van der Waals surface area contributed by atoms with Crippen molar-refractivity contribution in [1.29, 1.82) is 0 Å². The molecule has 2 aromatic heterocycles. The van der Waals surface area contributed by atoms with E-state index in [1.54, 1.807) is 0 Å². The van der Waals surface area contributed by atoms with Crippen LogP contribution in [0.25, 0.3) is 10.7 Å². The molecule has 0 radical (unpaired) electrons. The van der Waals surface area contributed by atoms with Gasteiger partial charge in [0.1, 0.15) is 4.88 Å². The van der Waals surface area contributed by atoms with Crippen LogP contribution in [-0.2, 0) is 5.41 Å². The van der Waals surface area contributed by atoms with Crippen LogP contribution >= 0.6 is 11.5 Å². The van der Waals surface area contributed by atoms with Crippen LogP contribution in [0.4, 0.5) is 5.95 Å². The molecule has 0 bridgehead atoms. The summed E-state index contributed by atoms with van der Waals surface area (Å²) in [4.78, 5) is 7.85. The fraction of sp³-hybridized carbons (Fsp3) is 0.692. The summed E-state index contributed by atoms with van der Waals surface area (Å²) in [5.41, 5.74) is 0.912. The first-order chi connectivity index (χ1) is 10.1. The molecule has 0 unspecified atom stereocenters. The Morgan fingerprint density at radius 3 is 2.86 bits per heavy atom. The molecule has 0 saturated carbocycles. The Morgan fingerprint density at radius 2 is 2.05 bits per heavy atom. The Balaban J connectivity index is 1.86. The monoisotopic (exact) mass is 307 g/mol. The Kier molecular flexibility index (Phi) is 3.90. The highest BCUT2D eigenvalue weighted by molar-refractivity contribution is 7.09. The first kappa shape index (κ1) is 14.4. The summed E-state index contributed by atoms with van der Waals surface area (Å²) in [5, 5.41) is 15.1. The summed E-state index contributed by atoms with van der Waals surface area (Å²) < 4.78 is 4.08. The number of hydrogen-bond acceptors (Lipinski definition) is 7. The molecular weight excluding hydrogens is 286 g/mol. The Morgan fingerprint density at radius 1 is 1.19 bits per heavy atom. The van der Waals surface area contributed by atoms with Crippen LogP contribution < -0.4 is 10.2 Å². The third kappa shape index (κ3) is 3.06. The van der Waals surface area contributed by atoms with Crippen LogP contribution in [0.1, 0.15) is 32.9 Å². The van der Waals surface area contributed by atoms with Crippen molar-refractivity contribution < 1.29 is 0 Å². The fourth-order valence-corrected chi connectivity index (χ4v) is 3.19. The SMILES string of the molecule is CC(C)(C)c1nnsc1-c1nc(N2CCCNCC2)n[nH]1. The van der Waals surface area contributed by atoms with E-state index in [0.717, 1.165) is 54.9 Å². The first-order valence-corrected chi connectivity index (χ1v) is 8.04. The van der Waals surface area contributed by atoms with E-state index in [1.807, 2.05) is 0 Å². The molecule has 1 aliphatic rings. The maximum Gasteiger partial charge on any atom is 0.245 e. The lowest BCUT2D eigenvalue weighted by Crippen LogP contribution is -2.28. The summed E-state index contributed by atoms with van der Waals surface area (Å²) >= 11 is 1.37. The highest BCUT2D eigenvalue weighted by Crippen LogP contribution is 2.32. The van der Waals surface area contributed by atoms with E-state index >= 15 is 0 Å². The van der Waals surface area contributed by atoms with Gasteiger partial charge in [0.2, 0.25) is 5.95 Å². The Labute approximate surface area is 128 Å². The maximum atomic E-state index is 4.65. The van der Waals surface area contributed by atoms with Gasteiger partial charge in [0.15, 0.2) is 5.82 Å². The van der Waals surface area contributed by atoms with Crippen LogP contribution in [-0.4, -0.2) is 50.9 Å². The first-order valence-electron chi connectivity index (χ1n) is 7.27. The van der Waals surface area contributed by atoms with Crippen LogP contribution in [0.2, 0.25) is 0 Å². The van der Waals surface area contributed by atoms with E-state index in [0.29, 0.717) is 0 Å². The van der Waals surface area contributed by atoms with Crippen molar-refractivity contribution in [1.82, 2.24) is 30.1 Å². The average Bonchev–Trinajstić information content (AvgIpc) is 3.01. The Hall–Kier alpha value is -1.54. The minimum absolute atomic E-state index is 0.0538. The predicted octanol–water partition coefficient (Wildman–Crippen LogP) is 1.42. The largest absolute Gasteiger partial charge is 0.338 e. The van der Waals surface area contributed by atoms with E-state index in [1.165, 1.54) is 11.5 Å². The van der Waals surface area contributed by atoms with Crippen molar-refractivity contribution in [2.24, 2.45) is 0 Å². The summed E-state index contributed by atoms with van der Waals surface area (Å²) in [5.74, 6) is 1.53. The molecular formula is C13H21N7S. The molecule has 0 aliphatic carbocycles. The van der Waals surface area contributed by atoms with Gasteiger partial charge in [-0.3, -0.25) is 5.10 Å². The van der Waals surface area contributed by atoms with Crippen LogP contribution in [0.15, 0.2) is 0 Å². The molecule has 0 atom stereocenters. The number of anilines is 1. The van der Waals surface area contributed by atoms with E-state index < -0.39 is 0 Å². The zero-order chi connectivity index (χ0) is 14.9. The molecule has 0 aromatic carbocycles. The molecule has 0 amide bonds. The number of aromatic nitrogens is 5. The van der Waals surface area contributed by atoms with Crippen molar-refractivity contribution in [3.8, 4) is 10.7 Å². The summed E-state index contributed by atoms with van der Waals surface area (Å²) in [6.07, 6.45) is 1.11. The molecule has 0 spiro atoms. The summed E-state index contributed by atoms with van der Waals surface area (Å²) in [7, 11) is 0. The van der Waals surface area contributed by atoms with Gasteiger partial charge in [-0.05, 0) is 24.5 Å². The smallest absolute Gasteiger partial charge is 0.245 e.